The topological polar surface area (TPSA) is 52.7 Å². The number of nitrogens with zero attached hydrogens (tertiary/aromatic N) is 2. The predicted octanol–water partition coefficient (Wildman–Crippen LogP) is 2.38. The van der Waals surface area contributed by atoms with Gasteiger partial charge < -0.3 is 15.1 Å². The molecule has 0 aliphatic heterocycles. The molecule has 24 heavy (non-hydrogen) atoms. The van der Waals surface area contributed by atoms with E-state index >= 15 is 0 Å². The average Bonchev–Trinajstić information content (AvgIpc) is 2.61. The van der Waals surface area contributed by atoms with Crippen LogP contribution in [0.4, 0.5) is 5.69 Å². The zero-order valence-corrected chi connectivity index (χ0v) is 14.5. The first-order valence-corrected chi connectivity index (χ1v) is 7.76. The summed E-state index contributed by atoms with van der Waals surface area (Å²) < 4.78 is 0. The Bertz CT molecular complexity index is 724. The van der Waals surface area contributed by atoms with E-state index in [1.807, 2.05) is 55.4 Å². The maximum atomic E-state index is 12.6. The SMILES string of the molecule is CNC(=O)c1ccc(CN(C)C(=O)c2cccc(N(C)C)c2)cc1. The van der Waals surface area contributed by atoms with E-state index < -0.39 is 0 Å². The second-order valence-corrected chi connectivity index (χ2v) is 5.88. The molecule has 0 aromatic heterocycles. The molecule has 0 atom stereocenters. The van der Waals surface area contributed by atoms with E-state index in [1.54, 1.807) is 31.1 Å². The Balaban J connectivity index is 2.08. The molecule has 2 aromatic carbocycles. The number of hydrogen-bond donors (Lipinski definition) is 1. The van der Waals surface area contributed by atoms with Gasteiger partial charge in [-0.2, -0.15) is 0 Å². The second kappa shape index (κ2) is 7.64. The normalized spacial score (nSPS) is 10.2. The smallest absolute Gasteiger partial charge is 0.253 e. The fourth-order valence-corrected chi connectivity index (χ4v) is 2.39. The maximum Gasteiger partial charge on any atom is 0.253 e. The van der Waals surface area contributed by atoms with Crippen molar-refractivity contribution in [2.45, 2.75) is 6.54 Å². The fraction of sp³-hybridized carbons (Fsp3) is 0.263. The number of carbonyl (C=O) groups excluding carboxylic acids is 2. The molecular formula is C19H23N3O2. The number of rotatable bonds is 5. The monoisotopic (exact) mass is 325 g/mol. The van der Waals surface area contributed by atoms with Gasteiger partial charge in [-0.05, 0) is 35.9 Å². The van der Waals surface area contributed by atoms with Gasteiger partial charge in [0.15, 0.2) is 0 Å². The molecular weight excluding hydrogens is 302 g/mol. The van der Waals surface area contributed by atoms with Crippen LogP contribution in [0.25, 0.3) is 0 Å². The molecule has 0 aliphatic carbocycles. The first kappa shape index (κ1) is 17.5. The van der Waals surface area contributed by atoms with E-state index in [0.29, 0.717) is 17.7 Å². The molecule has 2 aromatic rings. The average molecular weight is 325 g/mol. The molecule has 0 fully saturated rings. The van der Waals surface area contributed by atoms with Crippen LogP contribution in [0.15, 0.2) is 48.5 Å². The summed E-state index contributed by atoms with van der Waals surface area (Å²) in [7, 11) is 7.27. The molecule has 0 saturated heterocycles. The summed E-state index contributed by atoms with van der Waals surface area (Å²) in [6.45, 7) is 0.485. The molecule has 0 heterocycles. The van der Waals surface area contributed by atoms with Crippen LogP contribution in [0.2, 0.25) is 0 Å². The zero-order valence-electron chi connectivity index (χ0n) is 14.5. The van der Waals surface area contributed by atoms with Gasteiger partial charge in [-0.3, -0.25) is 9.59 Å². The van der Waals surface area contributed by atoms with Crippen LogP contribution < -0.4 is 10.2 Å². The molecule has 0 unspecified atom stereocenters. The minimum absolute atomic E-state index is 0.0333. The van der Waals surface area contributed by atoms with Crippen LogP contribution in [0.3, 0.4) is 0 Å². The lowest BCUT2D eigenvalue weighted by Gasteiger charge is -2.19. The van der Waals surface area contributed by atoms with Crippen molar-refractivity contribution in [3.05, 3.63) is 65.2 Å². The van der Waals surface area contributed by atoms with Crippen LogP contribution in [-0.2, 0) is 6.54 Å². The fourth-order valence-electron chi connectivity index (χ4n) is 2.39. The van der Waals surface area contributed by atoms with E-state index in [-0.39, 0.29) is 11.8 Å². The van der Waals surface area contributed by atoms with Crippen LogP contribution in [0.5, 0.6) is 0 Å². The van der Waals surface area contributed by atoms with Crippen molar-refractivity contribution in [1.29, 1.82) is 0 Å². The molecule has 0 aliphatic rings. The molecule has 1 N–H and O–H groups in total. The molecule has 0 saturated carbocycles. The first-order chi connectivity index (χ1) is 11.4. The summed E-state index contributed by atoms with van der Waals surface area (Å²) >= 11 is 0. The highest BCUT2D eigenvalue weighted by atomic mass is 16.2. The minimum atomic E-state index is -0.119. The highest BCUT2D eigenvalue weighted by molar-refractivity contribution is 5.95. The van der Waals surface area contributed by atoms with Crippen LogP contribution >= 0.6 is 0 Å². The summed E-state index contributed by atoms with van der Waals surface area (Å²) in [6, 6.07) is 14.8. The highest BCUT2D eigenvalue weighted by Gasteiger charge is 2.13. The van der Waals surface area contributed by atoms with E-state index in [1.165, 1.54) is 0 Å². The van der Waals surface area contributed by atoms with Crippen LogP contribution in [0, 0.1) is 0 Å². The summed E-state index contributed by atoms with van der Waals surface area (Å²) in [6.07, 6.45) is 0. The Morgan fingerprint density at radius 2 is 1.62 bits per heavy atom. The predicted molar refractivity (Wildman–Crippen MR) is 96.4 cm³/mol. The van der Waals surface area contributed by atoms with Crippen molar-refractivity contribution >= 4 is 17.5 Å². The molecule has 5 heteroatoms. The molecule has 5 nitrogen and oxygen atoms in total. The van der Waals surface area contributed by atoms with E-state index in [4.69, 9.17) is 0 Å². The van der Waals surface area contributed by atoms with Gasteiger partial charge in [0.2, 0.25) is 0 Å². The Morgan fingerprint density at radius 1 is 0.958 bits per heavy atom. The summed E-state index contributed by atoms with van der Waals surface area (Å²) in [4.78, 5) is 27.8. The Labute approximate surface area is 142 Å². The van der Waals surface area contributed by atoms with E-state index in [9.17, 15) is 9.59 Å². The summed E-state index contributed by atoms with van der Waals surface area (Å²) in [5.41, 5.74) is 3.23. The van der Waals surface area contributed by atoms with Gasteiger partial charge in [0.1, 0.15) is 0 Å². The number of nitrogens with one attached hydrogen (secondary N) is 1. The standard InChI is InChI=1S/C19H23N3O2/c1-20-18(23)15-10-8-14(9-11-15)13-22(4)19(24)16-6-5-7-17(12-16)21(2)3/h5-12H,13H2,1-4H3,(H,20,23). The van der Waals surface area contributed by atoms with Crippen LogP contribution in [0.1, 0.15) is 26.3 Å². The summed E-state index contributed by atoms with van der Waals surface area (Å²) in [5.74, 6) is -0.152. The maximum absolute atomic E-state index is 12.6. The molecule has 2 rings (SSSR count). The molecule has 0 spiro atoms. The molecule has 0 radical (unpaired) electrons. The third-order valence-corrected chi connectivity index (χ3v) is 3.82. The third-order valence-electron chi connectivity index (χ3n) is 3.82. The number of benzene rings is 2. The molecule has 2 amide bonds. The molecule has 126 valence electrons. The number of carbonyl (C=O) groups is 2. The first-order valence-electron chi connectivity index (χ1n) is 7.76. The van der Waals surface area contributed by atoms with Gasteiger partial charge in [0.05, 0.1) is 0 Å². The number of hydrogen-bond acceptors (Lipinski definition) is 3. The van der Waals surface area contributed by atoms with Gasteiger partial charge in [-0.1, -0.05) is 18.2 Å². The van der Waals surface area contributed by atoms with E-state index in [2.05, 4.69) is 5.32 Å². The lowest BCUT2D eigenvalue weighted by Crippen LogP contribution is -2.26. The summed E-state index contributed by atoms with van der Waals surface area (Å²) in [5, 5.41) is 2.59. The lowest BCUT2D eigenvalue weighted by atomic mass is 10.1. The Hall–Kier alpha value is -2.82. The van der Waals surface area contributed by atoms with Crippen molar-refractivity contribution < 1.29 is 9.59 Å². The number of amides is 2. The van der Waals surface area contributed by atoms with Crippen molar-refractivity contribution in [2.75, 3.05) is 33.1 Å². The number of anilines is 1. The Kier molecular flexibility index (Phi) is 5.58. The van der Waals surface area contributed by atoms with Gasteiger partial charge >= 0.3 is 0 Å². The highest BCUT2D eigenvalue weighted by Crippen LogP contribution is 2.16. The van der Waals surface area contributed by atoms with Crippen LogP contribution in [-0.4, -0.2) is 44.9 Å². The largest absolute Gasteiger partial charge is 0.378 e. The van der Waals surface area contributed by atoms with Crippen molar-refractivity contribution in [3.63, 3.8) is 0 Å². The zero-order chi connectivity index (χ0) is 17.7. The van der Waals surface area contributed by atoms with Gasteiger partial charge in [0, 0.05) is 51.5 Å². The van der Waals surface area contributed by atoms with Crippen molar-refractivity contribution in [3.8, 4) is 0 Å². The van der Waals surface area contributed by atoms with Crippen molar-refractivity contribution in [1.82, 2.24) is 10.2 Å². The van der Waals surface area contributed by atoms with Gasteiger partial charge in [-0.25, -0.2) is 0 Å². The Morgan fingerprint density at radius 3 is 2.21 bits per heavy atom. The quantitative estimate of drug-likeness (QED) is 0.918. The van der Waals surface area contributed by atoms with E-state index in [0.717, 1.165) is 11.3 Å². The lowest BCUT2D eigenvalue weighted by molar-refractivity contribution is 0.0784. The molecule has 0 bridgehead atoms. The van der Waals surface area contributed by atoms with Gasteiger partial charge in [0.25, 0.3) is 11.8 Å². The van der Waals surface area contributed by atoms with Gasteiger partial charge in [-0.15, -0.1) is 0 Å². The minimum Gasteiger partial charge on any atom is -0.378 e. The van der Waals surface area contributed by atoms with Crippen molar-refractivity contribution in [2.24, 2.45) is 0 Å². The second-order valence-electron chi connectivity index (χ2n) is 5.88. The third kappa shape index (κ3) is 4.13.